The van der Waals surface area contributed by atoms with E-state index < -0.39 is 0 Å². The number of nitrogens with zero attached hydrogens (tertiary/aromatic N) is 5. The van der Waals surface area contributed by atoms with E-state index in [-0.39, 0.29) is 24.0 Å². The van der Waals surface area contributed by atoms with E-state index in [0.717, 1.165) is 75.2 Å². The van der Waals surface area contributed by atoms with Gasteiger partial charge in [-0.3, -0.25) is 9.98 Å². The lowest BCUT2D eigenvalue weighted by molar-refractivity contribution is 0.597. The van der Waals surface area contributed by atoms with Crippen LogP contribution in [0.3, 0.4) is 0 Å². The second kappa shape index (κ2) is 12.7. The molecule has 0 amide bonds. The van der Waals surface area contributed by atoms with Crippen molar-refractivity contribution in [3.8, 4) is 0 Å². The van der Waals surface area contributed by atoms with Crippen molar-refractivity contribution in [1.29, 1.82) is 0 Å². The number of aliphatic imine (C=N–C) groups is 1. The van der Waals surface area contributed by atoms with Crippen molar-refractivity contribution < 1.29 is 0 Å². The Balaban J connectivity index is 0.00000280. The molecule has 2 N–H and O–H groups in total. The molecule has 0 saturated carbocycles. The predicted octanol–water partition coefficient (Wildman–Crippen LogP) is 2.75. The van der Waals surface area contributed by atoms with Crippen molar-refractivity contribution >= 4 is 29.9 Å². The number of halogens is 1. The van der Waals surface area contributed by atoms with E-state index in [1.165, 1.54) is 19.3 Å². The van der Waals surface area contributed by atoms with Crippen molar-refractivity contribution in [2.24, 2.45) is 4.99 Å². The lowest BCUT2D eigenvalue weighted by atomic mass is 10.2. The van der Waals surface area contributed by atoms with E-state index in [1.807, 2.05) is 24.4 Å². The maximum absolute atomic E-state index is 4.69. The summed E-state index contributed by atoms with van der Waals surface area (Å²) >= 11 is 0. The van der Waals surface area contributed by atoms with E-state index >= 15 is 0 Å². The van der Waals surface area contributed by atoms with Gasteiger partial charge in [-0.25, -0.2) is 0 Å². The molecule has 0 atom stereocenters. The highest BCUT2D eigenvalue weighted by molar-refractivity contribution is 14.0. The second-order valence-corrected chi connectivity index (χ2v) is 6.86. The summed E-state index contributed by atoms with van der Waals surface area (Å²) < 4.78 is 2.33. The van der Waals surface area contributed by atoms with Gasteiger partial charge in [-0.2, -0.15) is 0 Å². The van der Waals surface area contributed by atoms with Crippen LogP contribution < -0.4 is 10.6 Å². The molecular weight excluding hydrogens is 465 g/mol. The quantitative estimate of drug-likeness (QED) is 0.254. The molecule has 0 spiro atoms. The molecule has 28 heavy (non-hydrogen) atoms. The molecule has 2 aromatic rings. The molecule has 1 aliphatic heterocycles. The summed E-state index contributed by atoms with van der Waals surface area (Å²) in [5.74, 6) is 3.15. The maximum Gasteiger partial charge on any atom is 0.191 e. The molecule has 0 aliphatic carbocycles. The highest BCUT2D eigenvalue weighted by Crippen LogP contribution is 2.15. The average Bonchev–Trinajstić information content (AvgIpc) is 2.92. The normalized spacial score (nSPS) is 14.0. The molecule has 3 rings (SSSR count). The molecule has 0 radical (unpaired) electrons. The largest absolute Gasteiger partial charge is 0.357 e. The van der Waals surface area contributed by atoms with Gasteiger partial charge in [0.2, 0.25) is 0 Å². The standard InChI is InChI=1S/C20H31N7.HI/c1-2-21-20(24-15-12-17-9-5-6-13-22-17)23-14-8-11-19-26-25-18-10-4-3-7-16-27(18)19;/h5-6,9,13H,2-4,7-8,10-12,14-16H2,1H3,(H2,21,23,24);1H. The first-order valence-electron chi connectivity index (χ1n) is 10.2. The summed E-state index contributed by atoms with van der Waals surface area (Å²) in [6.07, 6.45) is 9.47. The van der Waals surface area contributed by atoms with Gasteiger partial charge in [-0.1, -0.05) is 12.5 Å². The van der Waals surface area contributed by atoms with Gasteiger partial charge >= 0.3 is 0 Å². The lowest BCUT2D eigenvalue weighted by Gasteiger charge is -2.11. The Morgan fingerprint density at radius 2 is 2.07 bits per heavy atom. The smallest absolute Gasteiger partial charge is 0.191 e. The fourth-order valence-corrected chi connectivity index (χ4v) is 3.35. The minimum Gasteiger partial charge on any atom is -0.357 e. The fraction of sp³-hybridized carbons (Fsp3) is 0.600. The van der Waals surface area contributed by atoms with Crippen LogP contribution in [0.15, 0.2) is 29.4 Å². The molecular formula is C20H32IN7. The number of rotatable bonds is 8. The summed E-state index contributed by atoms with van der Waals surface area (Å²) in [5.41, 5.74) is 1.09. The topological polar surface area (TPSA) is 80.0 Å². The zero-order valence-electron chi connectivity index (χ0n) is 16.7. The van der Waals surface area contributed by atoms with Crippen LogP contribution >= 0.6 is 24.0 Å². The predicted molar refractivity (Wildman–Crippen MR) is 123 cm³/mol. The zero-order valence-corrected chi connectivity index (χ0v) is 19.1. The number of guanidine groups is 1. The van der Waals surface area contributed by atoms with Gasteiger partial charge in [-0.15, -0.1) is 34.2 Å². The minimum absolute atomic E-state index is 0. The molecule has 0 fully saturated rings. The first kappa shape index (κ1) is 22.6. The fourth-order valence-electron chi connectivity index (χ4n) is 3.35. The van der Waals surface area contributed by atoms with Crippen LogP contribution in [0.4, 0.5) is 0 Å². The van der Waals surface area contributed by atoms with Gasteiger partial charge in [0, 0.05) is 57.3 Å². The molecule has 0 aromatic carbocycles. The van der Waals surface area contributed by atoms with Crippen LogP contribution in [0.5, 0.6) is 0 Å². The SMILES string of the molecule is CCNC(=NCCCc1nnc2n1CCCCC2)NCCc1ccccn1.I. The zero-order chi connectivity index (χ0) is 18.7. The maximum atomic E-state index is 4.69. The minimum atomic E-state index is 0. The van der Waals surface area contributed by atoms with Crippen LogP contribution in [0.25, 0.3) is 0 Å². The Kier molecular flexibility index (Phi) is 10.2. The third-order valence-corrected chi connectivity index (χ3v) is 4.76. The summed E-state index contributed by atoms with van der Waals surface area (Å²) in [5, 5.41) is 15.5. The number of aryl methyl sites for hydroxylation is 2. The van der Waals surface area contributed by atoms with Crippen LogP contribution in [0, 0.1) is 0 Å². The van der Waals surface area contributed by atoms with Gasteiger partial charge in [0.1, 0.15) is 11.6 Å². The number of fused-ring (bicyclic) bond motifs is 1. The molecule has 0 bridgehead atoms. The molecule has 0 unspecified atom stereocenters. The van der Waals surface area contributed by atoms with Crippen molar-refractivity contribution in [3.05, 3.63) is 41.7 Å². The summed E-state index contributed by atoms with van der Waals surface area (Å²) in [4.78, 5) is 9.04. The van der Waals surface area contributed by atoms with E-state index in [2.05, 4.69) is 37.3 Å². The van der Waals surface area contributed by atoms with Crippen LogP contribution in [0.2, 0.25) is 0 Å². The van der Waals surface area contributed by atoms with E-state index in [9.17, 15) is 0 Å². The van der Waals surface area contributed by atoms with Crippen molar-refractivity contribution in [3.63, 3.8) is 0 Å². The molecule has 7 nitrogen and oxygen atoms in total. The Morgan fingerprint density at radius 3 is 2.89 bits per heavy atom. The number of hydrogen-bond acceptors (Lipinski definition) is 4. The number of aromatic nitrogens is 4. The molecule has 1 aliphatic rings. The van der Waals surface area contributed by atoms with Gasteiger partial charge in [0.15, 0.2) is 5.96 Å². The van der Waals surface area contributed by atoms with Crippen LogP contribution in [0.1, 0.15) is 49.9 Å². The highest BCUT2D eigenvalue weighted by atomic mass is 127. The molecule has 8 heteroatoms. The Labute approximate surface area is 184 Å². The number of pyridine rings is 1. The van der Waals surface area contributed by atoms with Crippen LogP contribution in [-0.4, -0.2) is 45.3 Å². The Morgan fingerprint density at radius 1 is 1.14 bits per heavy atom. The van der Waals surface area contributed by atoms with Crippen molar-refractivity contribution in [1.82, 2.24) is 30.4 Å². The first-order chi connectivity index (χ1) is 13.4. The monoisotopic (exact) mass is 497 g/mol. The Bertz CT molecular complexity index is 715. The van der Waals surface area contributed by atoms with Gasteiger partial charge < -0.3 is 15.2 Å². The van der Waals surface area contributed by atoms with Crippen molar-refractivity contribution in [2.45, 2.75) is 58.4 Å². The first-order valence-corrected chi connectivity index (χ1v) is 10.2. The number of nitrogens with one attached hydrogen (secondary N) is 2. The summed E-state index contributed by atoms with van der Waals surface area (Å²) in [7, 11) is 0. The molecule has 154 valence electrons. The molecule has 3 heterocycles. The highest BCUT2D eigenvalue weighted by Gasteiger charge is 2.13. The van der Waals surface area contributed by atoms with E-state index in [4.69, 9.17) is 4.99 Å². The van der Waals surface area contributed by atoms with Crippen molar-refractivity contribution in [2.75, 3.05) is 19.6 Å². The third-order valence-electron chi connectivity index (χ3n) is 4.76. The van der Waals surface area contributed by atoms with Gasteiger partial charge in [0.05, 0.1) is 0 Å². The van der Waals surface area contributed by atoms with Crippen LogP contribution in [-0.2, 0) is 25.8 Å². The third kappa shape index (κ3) is 7.03. The summed E-state index contributed by atoms with van der Waals surface area (Å²) in [6, 6.07) is 6.01. The Hall–Kier alpha value is -1.71. The molecule has 2 aromatic heterocycles. The lowest BCUT2D eigenvalue weighted by Crippen LogP contribution is -2.38. The van der Waals surface area contributed by atoms with Gasteiger partial charge in [-0.05, 0) is 38.3 Å². The number of hydrogen-bond donors (Lipinski definition) is 2. The van der Waals surface area contributed by atoms with E-state index in [1.54, 1.807) is 0 Å². The van der Waals surface area contributed by atoms with E-state index in [0.29, 0.717) is 0 Å². The average molecular weight is 497 g/mol. The second-order valence-electron chi connectivity index (χ2n) is 6.86. The van der Waals surface area contributed by atoms with Gasteiger partial charge in [0.25, 0.3) is 0 Å². The summed E-state index contributed by atoms with van der Waals surface area (Å²) in [6.45, 7) is 5.61. The molecule has 0 saturated heterocycles.